The Morgan fingerprint density at radius 1 is 1.17 bits per heavy atom. The van der Waals surface area contributed by atoms with E-state index in [-0.39, 0.29) is 12.1 Å². The van der Waals surface area contributed by atoms with Crippen LogP contribution in [-0.2, 0) is 17.7 Å². The highest BCUT2D eigenvalue weighted by Gasteiger charge is 2.26. The number of benzene rings is 1. The number of amides is 2. The lowest BCUT2D eigenvalue weighted by molar-refractivity contribution is 0.0521. The third-order valence-electron chi connectivity index (χ3n) is 4.60. The highest BCUT2D eigenvalue weighted by atomic mass is 16.5. The Balaban J connectivity index is 1.47. The minimum atomic E-state index is 0.00101. The molecule has 0 radical (unpaired) electrons. The number of hydrogen-bond acceptors (Lipinski definition) is 4. The first-order valence-corrected chi connectivity index (χ1v) is 8.42. The van der Waals surface area contributed by atoms with E-state index >= 15 is 0 Å². The fourth-order valence-corrected chi connectivity index (χ4v) is 3.28. The van der Waals surface area contributed by atoms with Crippen molar-refractivity contribution in [1.82, 2.24) is 25.0 Å². The van der Waals surface area contributed by atoms with E-state index in [2.05, 4.69) is 20.1 Å². The van der Waals surface area contributed by atoms with Gasteiger partial charge in [-0.15, -0.1) is 10.2 Å². The van der Waals surface area contributed by atoms with Gasteiger partial charge in [-0.2, -0.15) is 0 Å². The number of hydrogen-bond donors (Lipinski definition) is 1. The highest BCUT2D eigenvalue weighted by Crippen LogP contribution is 2.23. The molecule has 1 saturated heterocycles. The van der Waals surface area contributed by atoms with Gasteiger partial charge in [0.15, 0.2) is 5.82 Å². The van der Waals surface area contributed by atoms with E-state index in [9.17, 15) is 4.79 Å². The van der Waals surface area contributed by atoms with E-state index in [0.29, 0.717) is 32.8 Å². The third kappa shape index (κ3) is 2.99. The lowest BCUT2D eigenvalue weighted by atomic mass is 10.1. The Morgan fingerprint density at radius 3 is 2.75 bits per heavy atom. The average Bonchev–Trinajstić information content (AvgIpc) is 3.06. The molecule has 1 atom stereocenters. The van der Waals surface area contributed by atoms with Crippen LogP contribution in [0.1, 0.15) is 12.2 Å². The number of nitrogens with zero attached hydrogens (tertiary/aromatic N) is 4. The molecule has 0 aliphatic carbocycles. The maximum absolute atomic E-state index is 12.4. The molecule has 7 nitrogen and oxygen atoms in total. The van der Waals surface area contributed by atoms with Crippen LogP contribution in [0, 0.1) is 0 Å². The molecule has 2 amide bonds. The SMILES string of the molecule is O=C(N[C@H]1CCc2nnc(-c3ccccc3)n2C1)N1CCOCC1. The molecule has 4 rings (SSSR count). The summed E-state index contributed by atoms with van der Waals surface area (Å²) in [5, 5.41) is 11.8. The molecule has 24 heavy (non-hydrogen) atoms. The maximum Gasteiger partial charge on any atom is 0.317 e. The summed E-state index contributed by atoms with van der Waals surface area (Å²) < 4.78 is 7.43. The highest BCUT2D eigenvalue weighted by molar-refractivity contribution is 5.74. The predicted octanol–water partition coefficient (Wildman–Crippen LogP) is 1.30. The lowest BCUT2D eigenvalue weighted by Gasteiger charge is -2.31. The van der Waals surface area contributed by atoms with Gasteiger partial charge < -0.3 is 19.5 Å². The predicted molar refractivity (Wildman–Crippen MR) is 88.5 cm³/mol. The van der Waals surface area contributed by atoms with Gasteiger partial charge in [-0.3, -0.25) is 0 Å². The quantitative estimate of drug-likeness (QED) is 0.902. The Hall–Kier alpha value is -2.41. The molecule has 126 valence electrons. The number of morpholine rings is 1. The third-order valence-corrected chi connectivity index (χ3v) is 4.60. The van der Waals surface area contributed by atoms with Gasteiger partial charge in [-0.1, -0.05) is 30.3 Å². The zero-order valence-corrected chi connectivity index (χ0v) is 13.5. The van der Waals surface area contributed by atoms with Crippen LogP contribution in [0.4, 0.5) is 4.79 Å². The molecule has 1 N–H and O–H groups in total. The summed E-state index contributed by atoms with van der Waals surface area (Å²) >= 11 is 0. The zero-order valence-electron chi connectivity index (χ0n) is 13.5. The molecule has 7 heteroatoms. The second-order valence-corrected chi connectivity index (χ2v) is 6.20. The standard InChI is InChI=1S/C17H21N5O2/c23-17(21-8-10-24-11-9-21)18-14-6-7-15-19-20-16(22(15)12-14)13-4-2-1-3-5-13/h1-5,14H,6-12H2,(H,18,23)/t14-/m0/s1. The van der Waals surface area contributed by atoms with Crippen LogP contribution in [0.25, 0.3) is 11.4 Å². The number of fused-ring (bicyclic) bond motifs is 1. The fraction of sp³-hybridized carbons (Fsp3) is 0.471. The first-order valence-electron chi connectivity index (χ1n) is 8.42. The summed E-state index contributed by atoms with van der Waals surface area (Å²) in [6.07, 6.45) is 1.72. The Labute approximate surface area is 140 Å². The number of carbonyl (C=O) groups is 1. The molecular formula is C17H21N5O2. The van der Waals surface area contributed by atoms with Crippen molar-refractivity contribution in [2.45, 2.75) is 25.4 Å². The van der Waals surface area contributed by atoms with Crippen LogP contribution in [-0.4, -0.2) is 58.0 Å². The molecule has 1 aromatic carbocycles. The largest absolute Gasteiger partial charge is 0.378 e. The molecule has 0 bridgehead atoms. The molecule has 0 spiro atoms. The number of aromatic nitrogens is 3. The van der Waals surface area contributed by atoms with E-state index in [0.717, 1.165) is 30.1 Å². The van der Waals surface area contributed by atoms with Gasteiger partial charge in [0.05, 0.1) is 13.2 Å². The Kier molecular flexibility index (Phi) is 4.17. The van der Waals surface area contributed by atoms with E-state index < -0.39 is 0 Å². The van der Waals surface area contributed by atoms with Crippen molar-refractivity contribution >= 4 is 6.03 Å². The Morgan fingerprint density at radius 2 is 1.96 bits per heavy atom. The van der Waals surface area contributed by atoms with Gasteiger partial charge in [0.2, 0.25) is 0 Å². The monoisotopic (exact) mass is 327 g/mol. The van der Waals surface area contributed by atoms with E-state index in [1.807, 2.05) is 35.2 Å². The van der Waals surface area contributed by atoms with Crippen molar-refractivity contribution in [2.75, 3.05) is 26.3 Å². The van der Waals surface area contributed by atoms with Gasteiger partial charge in [-0.25, -0.2) is 4.79 Å². The summed E-state index contributed by atoms with van der Waals surface area (Å²) in [5.41, 5.74) is 1.05. The van der Waals surface area contributed by atoms with Gasteiger partial charge >= 0.3 is 6.03 Å². The number of ether oxygens (including phenoxy) is 1. The molecule has 3 heterocycles. The van der Waals surface area contributed by atoms with Crippen molar-refractivity contribution in [3.8, 4) is 11.4 Å². The van der Waals surface area contributed by atoms with Crippen molar-refractivity contribution in [3.05, 3.63) is 36.2 Å². The summed E-state index contributed by atoms with van der Waals surface area (Å²) in [5.74, 6) is 1.86. The van der Waals surface area contributed by atoms with Crippen LogP contribution < -0.4 is 5.32 Å². The molecule has 1 fully saturated rings. The molecule has 2 aliphatic heterocycles. The molecule has 1 aromatic heterocycles. The van der Waals surface area contributed by atoms with Crippen LogP contribution >= 0.6 is 0 Å². The van der Waals surface area contributed by atoms with E-state index in [1.54, 1.807) is 0 Å². The first kappa shape index (κ1) is 15.1. The molecular weight excluding hydrogens is 306 g/mol. The molecule has 2 aromatic rings. The number of nitrogens with one attached hydrogen (secondary N) is 1. The lowest BCUT2D eigenvalue weighted by Crippen LogP contribution is -2.51. The first-order chi connectivity index (χ1) is 11.8. The number of rotatable bonds is 2. The van der Waals surface area contributed by atoms with Gasteiger partial charge in [-0.05, 0) is 6.42 Å². The summed E-state index contributed by atoms with van der Waals surface area (Å²) in [4.78, 5) is 14.2. The second kappa shape index (κ2) is 6.60. The zero-order chi connectivity index (χ0) is 16.4. The van der Waals surface area contributed by atoms with Crippen molar-refractivity contribution in [2.24, 2.45) is 0 Å². The van der Waals surface area contributed by atoms with Gasteiger partial charge in [0, 0.05) is 37.7 Å². The Bertz CT molecular complexity index is 709. The average molecular weight is 327 g/mol. The van der Waals surface area contributed by atoms with Gasteiger partial charge in [0.25, 0.3) is 0 Å². The van der Waals surface area contributed by atoms with Crippen molar-refractivity contribution in [3.63, 3.8) is 0 Å². The smallest absolute Gasteiger partial charge is 0.317 e. The molecule has 2 aliphatic rings. The van der Waals surface area contributed by atoms with Crippen molar-refractivity contribution < 1.29 is 9.53 Å². The topological polar surface area (TPSA) is 72.3 Å². The van der Waals surface area contributed by atoms with Crippen LogP contribution in [0.2, 0.25) is 0 Å². The number of urea groups is 1. The number of aryl methyl sites for hydroxylation is 1. The number of carbonyl (C=O) groups excluding carboxylic acids is 1. The molecule has 0 saturated carbocycles. The van der Waals surface area contributed by atoms with Crippen LogP contribution in [0.3, 0.4) is 0 Å². The summed E-state index contributed by atoms with van der Waals surface area (Å²) in [6.45, 7) is 3.26. The normalized spacial score (nSPS) is 20.5. The van der Waals surface area contributed by atoms with Gasteiger partial charge in [0.1, 0.15) is 5.82 Å². The van der Waals surface area contributed by atoms with Crippen LogP contribution in [0.15, 0.2) is 30.3 Å². The van der Waals surface area contributed by atoms with Crippen molar-refractivity contribution in [1.29, 1.82) is 0 Å². The minimum absolute atomic E-state index is 0.00101. The summed E-state index contributed by atoms with van der Waals surface area (Å²) in [6, 6.07) is 10.2. The van der Waals surface area contributed by atoms with Crippen LogP contribution in [0.5, 0.6) is 0 Å². The second-order valence-electron chi connectivity index (χ2n) is 6.20. The molecule has 0 unspecified atom stereocenters. The van der Waals surface area contributed by atoms with E-state index in [1.165, 1.54) is 0 Å². The maximum atomic E-state index is 12.4. The summed E-state index contributed by atoms with van der Waals surface area (Å²) in [7, 11) is 0. The minimum Gasteiger partial charge on any atom is -0.378 e. The van der Waals surface area contributed by atoms with E-state index in [4.69, 9.17) is 4.74 Å². The fourth-order valence-electron chi connectivity index (χ4n) is 3.28.